The molecule has 3 heterocycles. The smallest absolute Gasteiger partial charge is 0.229 e. The van der Waals surface area contributed by atoms with E-state index in [0.717, 1.165) is 26.2 Å². The molecule has 3 aromatic rings. The predicted octanol–water partition coefficient (Wildman–Crippen LogP) is 1.01. The van der Waals surface area contributed by atoms with Gasteiger partial charge in [-0.15, -0.1) is 5.10 Å². The number of nitriles is 1. The molecule has 0 radical (unpaired) electrons. The van der Waals surface area contributed by atoms with Gasteiger partial charge < -0.3 is 10.2 Å². The summed E-state index contributed by atoms with van der Waals surface area (Å²) in [6.45, 7) is 5.11. The van der Waals surface area contributed by atoms with Crippen LogP contribution in [0.1, 0.15) is 11.4 Å². The topological polar surface area (TPSA) is 82.1 Å². The zero-order valence-electron chi connectivity index (χ0n) is 12.5. The highest BCUT2D eigenvalue weighted by Crippen LogP contribution is 2.25. The van der Waals surface area contributed by atoms with Crippen LogP contribution in [0.2, 0.25) is 0 Å². The van der Waals surface area contributed by atoms with Crippen LogP contribution >= 0.6 is 0 Å². The van der Waals surface area contributed by atoms with E-state index in [1.165, 1.54) is 12.1 Å². The summed E-state index contributed by atoms with van der Waals surface area (Å²) in [6.07, 6.45) is 0. The molecular formula is C15H14FN7. The number of fused-ring (bicyclic) bond motifs is 3. The normalized spacial score (nSPS) is 15.3. The van der Waals surface area contributed by atoms with E-state index in [0.29, 0.717) is 28.3 Å². The summed E-state index contributed by atoms with van der Waals surface area (Å²) in [4.78, 5) is 11.1. The van der Waals surface area contributed by atoms with Crippen molar-refractivity contribution in [2.45, 2.75) is 6.92 Å². The van der Waals surface area contributed by atoms with Gasteiger partial charge in [0.1, 0.15) is 17.7 Å². The van der Waals surface area contributed by atoms with Gasteiger partial charge in [0.2, 0.25) is 5.95 Å². The Morgan fingerprint density at radius 3 is 2.78 bits per heavy atom. The van der Waals surface area contributed by atoms with Gasteiger partial charge in [0.25, 0.3) is 0 Å². The van der Waals surface area contributed by atoms with E-state index in [2.05, 4.69) is 25.3 Å². The van der Waals surface area contributed by atoms with E-state index in [1.54, 1.807) is 11.4 Å². The van der Waals surface area contributed by atoms with Crippen LogP contribution in [0.15, 0.2) is 12.1 Å². The van der Waals surface area contributed by atoms with Gasteiger partial charge in [-0.25, -0.2) is 14.4 Å². The maximum Gasteiger partial charge on any atom is 0.229 e. The number of anilines is 1. The highest BCUT2D eigenvalue weighted by molar-refractivity contribution is 5.93. The Balaban J connectivity index is 2.04. The number of hydrogen-bond acceptors (Lipinski definition) is 6. The number of rotatable bonds is 1. The van der Waals surface area contributed by atoms with Crippen LogP contribution in [0.4, 0.5) is 10.3 Å². The molecule has 23 heavy (non-hydrogen) atoms. The average molecular weight is 311 g/mol. The number of halogens is 1. The molecule has 8 heteroatoms. The van der Waals surface area contributed by atoms with E-state index >= 15 is 0 Å². The molecule has 1 aliphatic rings. The van der Waals surface area contributed by atoms with Crippen molar-refractivity contribution in [3.8, 4) is 6.07 Å². The molecule has 116 valence electrons. The van der Waals surface area contributed by atoms with Crippen LogP contribution < -0.4 is 10.2 Å². The average Bonchev–Trinajstić information content (AvgIpc) is 2.96. The van der Waals surface area contributed by atoms with E-state index in [-0.39, 0.29) is 5.56 Å². The minimum atomic E-state index is -0.570. The van der Waals surface area contributed by atoms with Gasteiger partial charge in [0.15, 0.2) is 5.65 Å². The van der Waals surface area contributed by atoms with E-state index in [1.807, 2.05) is 6.07 Å². The standard InChI is InChI=1S/C15H14FN7/c1-9-19-14-11-6-10(8-17)12(16)7-13(11)20-15(23(14)21-9)22-4-2-18-3-5-22/h6-7,18H,2-5H2,1H3. The Morgan fingerprint density at radius 1 is 1.26 bits per heavy atom. The monoisotopic (exact) mass is 311 g/mol. The molecule has 4 rings (SSSR count). The molecule has 0 saturated carbocycles. The van der Waals surface area contributed by atoms with E-state index in [4.69, 9.17) is 5.26 Å². The van der Waals surface area contributed by atoms with Crippen molar-refractivity contribution in [3.05, 3.63) is 29.3 Å². The van der Waals surface area contributed by atoms with Gasteiger partial charge in [0, 0.05) is 37.6 Å². The van der Waals surface area contributed by atoms with Gasteiger partial charge >= 0.3 is 0 Å². The Bertz CT molecular complexity index is 950. The lowest BCUT2D eigenvalue weighted by Gasteiger charge is -2.28. The quantitative estimate of drug-likeness (QED) is 0.722. The minimum Gasteiger partial charge on any atom is -0.338 e. The van der Waals surface area contributed by atoms with Crippen LogP contribution in [-0.4, -0.2) is 45.8 Å². The number of hydrogen-bond donors (Lipinski definition) is 1. The lowest BCUT2D eigenvalue weighted by molar-refractivity contribution is 0.574. The van der Waals surface area contributed by atoms with Crippen molar-refractivity contribution in [2.24, 2.45) is 0 Å². The summed E-state index contributed by atoms with van der Waals surface area (Å²) in [7, 11) is 0. The summed E-state index contributed by atoms with van der Waals surface area (Å²) >= 11 is 0. The van der Waals surface area contributed by atoms with E-state index < -0.39 is 5.82 Å². The Kier molecular flexibility index (Phi) is 3.09. The van der Waals surface area contributed by atoms with Crippen molar-refractivity contribution < 1.29 is 4.39 Å². The lowest BCUT2D eigenvalue weighted by atomic mass is 10.1. The van der Waals surface area contributed by atoms with Crippen molar-refractivity contribution in [1.82, 2.24) is 24.9 Å². The van der Waals surface area contributed by atoms with Crippen LogP contribution in [0.5, 0.6) is 0 Å². The SMILES string of the molecule is Cc1nc2c3cc(C#N)c(F)cc3nc(N3CCNCC3)n2n1. The van der Waals surface area contributed by atoms with Crippen LogP contribution in [0, 0.1) is 24.1 Å². The van der Waals surface area contributed by atoms with Crippen LogP contribution in [0.25, 0.3) is 16.6 Å². The first-order valence-corrected chi connectivity index (χ1v) is 7.40. The van der Waals surface area contributed by atoms with E-state index in [9.17, 15) is 4.39 Å². The Morgan fingerprint density at radius 2 is 2.04 bits per heavy atom. The summed E-state index contributed by atoms with van der Waals surface area (Å²) < 4.78 is 15.7. The second-order valence-electron chi connectivity index (χ2n) is 5.50. The maximum atomic E-state index is 14.0. The van der Waals surface area contributed by atoms with Crippen LogP contribution in [-0.2, 0) is 0 Å². The molecule has 0 unspecified atom stereocenters. The zero-order chi connectivity index (χ0) is 16.0. The van der Waals surface area contributed by atoms with Crippen LogP contribution in [0.3, 0.4) is 0 Å². The number of piperazine rings is 1. The number of aryl methyl sites for hydroxylation is 1. The number of aromatic nitrogens is 4. The fourth-order valence-electron chi connectivity index (χ4n) is 2.87. The molecule has 1 saturated heterocycles. The Hall–Kier alpha value is -2.79. The Labute approximate surface area is 131 Å². The molecule has 0 amide bonds. The van der Waals surface area contributed by atoms with Gasteiger partial charge in [-0.3, -0.25) is 0 Å². The summed E-state index contributed by atoms with van der Waals surface area (Å²) in [5.41, 5.74) is 1.06. The second kappa shape index (κ2) is 5.14. The zero-order valence-corrected chi connectivity index (χ0v) is 12.5. The van der Waals surface area contributed by atoms with Gasteiger partial charge in [-0.2, -0.15) is 9.78 Å². The van der Waals surface area contributed by atoms with Gasteiger partial charge in [0.05, 0.1) is 11.1 Å². The largest absolute Gasteiger partial charge is 0.338 e. The third-order valence-electron chi connectivity index (χ3n) is 3.97. The minimum absolute atomic E-state index is 0.0169. The molecule has 0 bridgehead atoms. The predicted molar refractivity (Wildman–Crippen MR) is 82.8 cm³/mol. The summed E-state index contributed by atoms with van der Waals surface area (Å²) in [5.74, 6) is 0.691. The molecular weight excluding hydrogens is 297 g/mol. The molecule has 1 fully saturated rings. The lowest BCUT2D eigenvalue weighted by Crippen LogP contribution is -2.44. The first-order chi connectivity index (χ1) is 11.2. The fraction of sp³-hybridized carbons (Fsp3) is 0.333. The number of nitrogens with zero attached hydrogens (tertiary/aromatic N) is 6. The first kappa shape index (κ1) is 13.8. The molecule has 0 aliphatic carbocycles. The third-order valence-corrected chi connectivity index (χ3v) is 3.97. The third kappa shape index (κ3) is 2.17. The van der Waals surface area contributed by atoms with Crippen molar-refractivity contribution in [3.63, 3.8) is 0 Å². The highest BCUT2D eigenvalue weighted by Gasteiger charge is 2.20. The summed E-state index contributed by atoms with van der Waals surface area (Å²) in [5, 5.41) is 17.4. The van der Waals surface area contributed by atoms with Gasteiger partial charge in [-0.1, -0.05) is 0 Å². The highest BCUT2D eigenvalue weighted by atomic mass is 19.1. The number of benzene rings is 1. The molecule has 1 aliphatic heterocycles. The van der Waals surface area contributed by atoms with Crippen molar-refractivity contribution >= 4 is 22.5 Å². The molecule has 2 aromatic heterocycles. The second-order valence-corrected chi connectivity index (χ2v) is 5.50. The molecule has 1 aromatic carbocycles. The molecule has 0 atom stereocenters. The molecule has 1 N–H and O–H groups in total. The summed E-state index contributed by atoms with van der Waals surface area (Å²) in [6, 6.07) is 4.64. The maximum absolute atomic E-state index is 14.0. The first-order valence-electron chi connectivity index (χ1n) is 7.40. The van der Waals surface area contributed by atoms with Crippen molar-refractivity contribution in [1.29, 1.82) is 5.26 Å². The fourth-order valence-corrected chi connectivity index (χ4v) is 2.87. The van der Waals surface area contributed by atoms with Gasteiger partial charge in [-0.05, 0) is 13.0 Å². The molecule has 0 spiro atoms. The molecule has 7 nitrogen and oxygen atoms in total. The number of nitrogens with one attached hydrogen (secondary N) is 1. The van der Waals surface area contributed by atoms with Crippen molar-refractivity contribution in [2.75, 3.05) is 31.1 Å².